The Labute approximate surface area is 127 Å². The van der Waals surface area contributed by atoms with E-state index in [-0.39, 0.29) is 5.91 Å². The van der Waals surface area contributed by atoms with Gasteiger partial charge in [-0.25, -0.2) is 0 Å². The summed E-state index contributed by atoms with van der Waals surface area (Å²) in [6.45, 7) is 2.65. The number of nitrogen functional groups attached to an aromatic ring is 1. The minimum Gasteiger partial charge on any atom is -0.397 e. The number of pyridine rings is 1. The number of nitrogens with zero attached hydrogens (tertiary/aromatic N) is 1. The van der Waals surface area contributed by atoms with Gasteiger partial charge in [0.25, 0.3) is 5.91 Å². The lowest BCUT2D eigenvalue weighted by molar-refractivity contribution is 0.0956. The molecule has 0 bridgehead atoms. The van der Waals surface area contributed by atoms with Gasteiger partial charge >= 0.3 is 0 Å². The van der Waals surface area contributed by atoms with Gasteiger partial charge in [-0.05, 0) is 37.5 Å². The highest BCUT2D eigenvalue weighted by Gasteiger charge is 2.25. The lowest BCUT2D eigenvalue weighted by Gasteiger charge is -2.05. The van der Waals surface area contributed by atoms with Gasteiger partial charge in [0.05, 0.1) is 22.9 Å². The summed E-state index contributed by atoms with van der Waals surface area (Å²) in [5, 5.41) is 7.13. The van der Waals surface area contributed by atoms with Crippen molar-refractivity contribution >= 4 is 27.9 Å². The van der Waals surface area contributed by atoms with Crippen molar-refractivity contribution < 1.29 is 4.79 Å². The van der Waals surface area contributed by atoms with Crippen molar-refractivity contribution in [3.63, 3.8) is 0 Å². The highest BCUT2D eigenvalue weighted by atomic mass is 32.1. The first-order valence-corrected chi connectivity index (χ1v) is 7.79. The van der Waals surface area contributed by atoms with E-state index in [9.17, 15) is 4.79 Å². The van der Waals surface area contributed by atoms with Crippen LogP contribution in [0.15, 0.2) is 24.4 Å². The van der Waals surface area contributed by atoms with Crippen molar-refractivity contribution in [2.45, 2.75) is 32.4 Å². The van der Waals surface area contributed by atoms with Gasteiger partial charge < -0.3 is 16.4 Å². The lowest BCUT2D eigenvalue weighted by atomic mass is 10.2. The predicted molar refractivity (Wildman–Crippen MR) is 85.5 cm³/mol. The van der Waals surface area contributed by atoms with Gasteiger partial charge in [0, 0.05) is 12.2 Å². The molecule has 0 unspecified atom stereocenters. The van der Waals surface area contributed by atoms with Crippen molar-refractivity contribution in [2.24, 2.45) is 0 Å². The van der Waals surface area contributed by atoms with Crippen LogP contribution >= 0.6 is 11.3 Å². The fraction of sp³-hybridized carbons (Fsp3) is 0.333. The van der Waals surface area contributed by atoms with Crippen LogP contribution in [0.5, 0.6) is 0 Å². The predicted octanol–water partition coefficient (Wildman–Crippen LogP) is 2.54. The number of hydrogen-bond donors (Lipinski definition) is 3. The molecule has 2 aromatic rings. The third-order valence-corrected chi connectivity index (χ3v) is 4.53. The van der Waals surface area contributed by atoms with Crippen LogP contribution < -0.4 is 16.4 Å². The largest absolute Gasteiger partial charge is 0.397 e. The van der Waals surface area contributed by atoms with E-state index in [0.29, 0.717) is 23.2 Å². The van der Waals surface area contributed by atoms with Crippen LogP contribution in [0.1, 0.15) is 33.8 Å². The van der Waals surface area contributed by atoms with Crippen LogP contribution in [-0.2, 0) is 6.54 Å². The zero-order chi connectivity index (χ0) is 14.8. The molecule has 1 aliphatic rings. The number of rotatable bonds is 5. The highest BCUT2D eigenvalue weighted by molar-refractivity contribution is 7.18. The van der Waals surface area contributed by atoms with E-state index in [1.807, 2.05) is 25.1 Å². The summed E-state index contributed by atoms with van der Waals surface area (Å²) in [6, 6.07) is 6.10. The third-order valence-electron chi connectivity index (χ3n) is 3.43. The van der Waals surface area contributed by atoms with E-state index in [2.05, 4.69) is 15.6 Å². The molecule has 1 fully saturated rings. The van der Waals surface area contributed by atoms with E-state index < -0.39 is 0 Å². The number of anilines is 2. The van der Waals surface area contributed by atoms with Gasteiger partial charge in [-0.3, -0.25) is 9.78 Å². The average molecular weight is 302 g/mol. The van der Waals surface area contributed by atoms with Crippen LogP contribution in [0.25, 0.3) is 0 Å². The Kier molecular flexibility index (Phi) is 3.79. The SMILES string of the molecule is Cc1cccnc1CNc1cc(N)c(C(=O)NC2CC2)s1. The summed E-state index contributed by atoms with van der Waals surface area (Å²) >= 11 is 1.39. The highest BCUT2D eigenvalue weighted by Crippen LogP contribution is 2.30. The Morgan fingerprint density at radius 3 is 3.05 bits per heavy atom. The molecule has 1 aliphatic carbocycles. The van der Waals surface area contributed by atoms with Crippen molar-refractivity contribution in [1.29, 1.82) is 0 Å². The van der Waals surface area contributed by atoms with Crippen molar-refractivity contribution in [3.8, 4) is 0 Å². The molecule has 5 nitrogen and oxygen atoms in total. The van der Waals surface area contributed by atoms with Crippen molar-refractivity contribution in [2.75, 3.05) is 11.1 Å². The third kappa shape index (κ3) is 3.33. The Morgan fingerprint density at radius 1 is 1.52 bits per heavy atom. The summed E-state index contributed by atoms with van der Waals surface area (Å²) in [4.78, 5) is 17.0. The Hall–Kier alpha value is -2.08. The number of nitrogens with one attached hydrogen (secondary N) is 2. The van der Waals surface area contributed by atoms with Crippen LogP contribution in [0.4, 0.5) is 10.7 Å². The Balaban J connectivity index is 1.66. The molecule has 3 rings (SSSR count). The molecule has 2 heterocycles. The maximum Gasteiger partial charge on any atom is 0.263 e. The van der Waals surface area contributed by atoms with Gasteiger partial charge in [-0.15, -0.1) is 11.3 Å². The Bertz CT molecular complexity index is 663. The molecule has 2 aromatic heterocycles. The molecule has 1 saturated carbocycles. The fourth-order valence-corrected chi connectivity index (χ4v) is 2.90. The monoisotopic (exact) mass is 302 g/mol. The van der Waals surface area contributed by atoms with E-state index in [4.69, 9.17) is 5.73 Å². The maximum atomic E-state index is 12.0. The number of hydrogen-bond acceptors (Lipinski definition) is 5. The van der Waals surface area contributed by atoms with Crippen molar-refractivity contribution in [3.05, 3.63) is 40.5 Å². The quantitative estimate of drug-likeness (QED) is 0.793. The minimum absolute atomic E-state index is 0.0675. The molecule has 0 spiro atoms. The minimum atomic E-state index is -0.0675. The average Bonchev–Trinajstić information content (AvgIpc) is 3.19. The molecule has 0 aromatic carbocycles. The summed E-state index contributed by atoms with van der Waals surface area (Å²) in [6.07, 6.45) is 3.92. The second-order valence-electron chi connectivity index (χ2n) is 5.26. The van der Waals surface area contributed by atoms with Gasteiger partial charge in [-0.2, -0.15) is 0 Å². The zero-order valence-electron chi connectivity index (χ0n) is 11.8. The molecule has 0 aliphatic heterocycles. The van der Waals surface area contributed by atoms with Crippen LogP contribution in [0.2, 0.25) is 0 Å². The van der Waals surface area contributed by atoms with Gasteiger partial charge in [-0.1, -0.05) is 6.07 Å². The fourth-order valence-electron chi connectivity index (χ4n) is 2.02. The van der Waals surface area contributed by atoms with Gasteiger partial charge in [0.2, 0.25) is 0 Å². The van der Waals surface area contributed by atoms with E-state index in [0.717, 1.165) is 29.1 Å². The first-order chi connectivity index (χ1) is 10.1. The van der Waals surface area contributed by atoms with Crippen LogP contribution in [0.3, 0.4) is 0 Å². The van der Waals surface area contributed by atoms with Gasteiger partial charge in [0.1, 0.15) is 4.88 Å². The molecule has 0 radical (unpaired) electrons. The number of aryl methyl sites for hydroxylation is 1. The first kappa shape index (κ1) is 13.9. The standard InChI is InChI=1S/C15H18N4OS/c1-9-3-2-6-17-12(9)8-18-13-7-11(16)14(21-13)15(20)19-10-4-5-10/h2-3,6-7,10,18H,4-5,8,16H2,1H3,(H,19,20). The van der Waals surface area contributed by atoms with Crippen LogP contribution in [-0.4, -0.2) is 16.9 Å². The molecular weight excluding hydrogens is 284 g/mol. The zero-order valence-corrected chi connectivity index (χ0v) is 12.7. The number of aromatic nitrogens is 1. The van der Waals surface area contributed by atoms with E-state index in [1.165, 1.54) is 11.3 Å². The van der Waals surface area contributed by atoms with E-state index in [1.54, 1.807) is 6.20 Å². The first-order valence-electron chi connectivity index (χ1n) is 6.98. The second-order valence-corrected chi connectivity index (χ2v) is 6.32. The van der Waals surface area contributed by atoms with Gasteiger partial charge in [0.15, 0.2) is 0 Å². The molecule has 1 amide bonds. The molecule has 0 saturated heterocycles. The number of carbonyl (C=O) groups excluding carboxylic acids is 1. The normalized spacial score (nSPS) is 14.0. The molecule has 6 heteroatoms. The van der Waals surface area contributed by atoms with Crippen LogP contribution in [0, 0.1) is 6.92 Å². The smallest absolute Gasteiger partial charge is 0.263 e. The molecule has 4 N–H and O–H groups in total. The summed E-state index contributed by atoms with van der Waals surface area (Å²) in [5.41, 5.74) is 8.59. The molecule has 110 valence electrons. The second kappa shape index (κ2) is 5.73. The topological polar surface area (TPSA) is 80.0 Å². The summed E-state index contributed by atoms with van der Waals surface area (Å²) < 4.78 is 0. The molecular formula is C15H18N4OS. The molecule has 21 heavy (non-hydrogen) atoms. The van der Waals surface area contributed by atoms with Crippen molar-refractivity contribution in [1.82, 2.24) is 10.3 Å². The summed E-state index contributed by atoms with van der Waals surface area (Å²) in [5.74, 6) is -0.0675. The maximum absolute atomic E-state index is 12.0. The van der Waals surface area contributed by atoms with E-state index >= 15 is 0 Å². The summed E-state index contributed by atoms with van der Waals surface area (Å²) in [7, 11) is 0. The Morgan fingerprint density at radius 2 is 2.33 bits per heavy atom. The lowest BCUT2D eigenvalue weighted by Crippen LogP contribution is -2.25. The number of amides is 1. The number of thiophene rings is 1. The molecule has 0 atom stereocenters. The number of carbonyl (C=O) groups is 1. The number of nitrogens with two attached hydrogens (primary N) is 1.